The first-order valence-electron chi connectivity index (χ1n) is 5.75. The fraction of sp³-hybridized carbons (Fsp3) is 0.636. The summed E-state index contributed by atoms with van der Waals surface area (Å²) >= 11 is 7.20. The van der Waals surface area contributed by atoms with Crippen molar-refractivity contribution in [3.05, 3.63) is 10.5 Å². The summed E-state index contributed by atoms with van der Waals surface area (Å²) in [5.74, 6) is -0.136. The molecule has 0 saturated heterocycles. The Balaban J connectivity index is 1.79. The van der Waals surface area contributed by atoms with Crippen LogP contribution in [0.3, 0.4) is 0 Å². The molecule has 4 nitrogen and oxygen atoms in total. The van der Waals surface area contributed by atoms with Gasteiger partial charge in [-0.05, 0) is 31.1 Å². The predicted octanol–water partition coefficient (Wildman–Crippen LogP) is 2.71. The molecule has 6 heteroatoms. The van der Waals surface area contributed by atoms with Crippen molar-refractivity contribution >= 4 is 34.0 Å². The third-order valence-electron chi connectivity index (χ3n) is 3.97. The standard InChI is InChI=1S/C11H13ClN2O2S/c12-7-4-17-11(13-7)14-9-6-2-1-5(3-6)8(9)10(15)16/h4-6,8-9H,1-3H2,(H,13,14)(H,15,16). The number of thiazole rings is 1. The van der Waals surface area contributed by atoms with E-state index in [1.54, 1.807) is 5.38 Å². The van der Waals surface area contributed by atoms with E-state index < -0.39 is 5.97 Å². The van der Waals surface area contributed by atoms with Gasteiger partial charge in [-0.2, -0.15) is 0 Å². The lowest BCUT2D eigenvalue weighted by molar-refractivity contribution is -0.143. The summed E-state index contributed by atoms with van der Waals surface area (Å²) in [4.78, 5) is 15.4. The molecule has 4 atom stereocenters. The number of nitrogens with zero attached hydrogens (tertiary/aromatic N) is 1. The molecule has 1 heterocycles. The molecule has 17 heavy (non-hydrogen) atoms. The number of carbonyl (C=O) groups is 1. The summed E-state index contributed by atoms with van der Waals surface area (Å²) < 4.78 is 0. The minimum Gasteiger partial charge on any atom is -0.481 e. The Morgan fingerprint density at radius 1 is 1.53 bits per heavy atom. The average molecular weight is 273 g/mol. The lowest BCUT2D eigenvalue weighted by atomic mass is 9.84. The van der Waals surface area contributed by atoms with Crippen LogP contribution < -0.4 is 5.32 Å². The van der Waals surface area contributed by atoms with E-state index in [2.05, 4.69) is 10.3 Å². The maximum Gasteiger partial charge on any atom is 0.308 e. The summed E-state index contributed by atoms with van der Waals surface area (Å²) in [7, 11) is 0. The number of hydrogen-bond acceptors (Lipinski definition) is 4. The van der Waals surface area contributed by atoms with Crippen molar-refractivity contribution in [3.8, 4) is 0 Å². The van der Waals surface area contributed by atoms with Crippen LogP contribution in [0.2, 0.25) is 5.15 Å². The van der Waals surface area contributed by atoms with E-state index in [0.717, 1.165) is 24.4 Å². The van der Waals surface area contributed by atoms with Crippen LogP contribution in [0.5, 0.6) is 0 Å². The Bertz CT molecular complexity index is 450. The molecule has 0 spiro atoms. The molecule has 2 saturated carbocycles. The van der Waals surface area contributed by atoms with E-state index in [-0.39, 0.29) is 12.0 Å². The molecule has 4 unspecified atom stereocenters. The zero-order valence-corrected chi connectivity index (χ0v) is 10.7. The summed E-state index contributed by atoms with van der Waals surface area (Å²) in [6.45, 7) is 0. The first-order chi connectivity index (χ1) is 8.15. The highest BCUT2D eigenvalue weighted by Crippen LogP contribution is 2.49. The molecule has 0 aromatic carbocycles. The summed E-state index contributed by atoms with van der Waals surface area (Å²) in [6.07, 6.45) is 3.22. The molecule has 0 radical (unpaired) electrons. The van der Waals surface area contributed by atoms with Crippen LogP contribution in [0.1, 0.15) is 19.3 Å². The second-order valence-electron chi connectivity index (χ2n) is 4.84. The van der Waals surface area contributed by atoms with Crippen molar-refractivity contribution < 1.29 is 9.90 Å². The van der Waals surface area contributed by atoms with Crippen molar-refractivity contribution in [2.45, 2.75) is 25.3 Å². The van der Waals surface area contributed by atoms with Crippen LogP contribution in [0.25, 0.3) is 0 Å². The van der Waals surface area contributed by atoms with Gasteiger partial charge in [0.15, 0.2) is 5.13 Å². The molecular formula is C11H13ClN2O2S. The summed E-state index contributed by atoms with van der Waals surface area (Å²) in [6, 6.07) is 0.0217. The molecule has 2 N–H and O–H groups in total. The van der Waals surface area contributed by atoms with Crippen molar-refractivity contribution in [3.63, 3.8) is 0 Å². The minimum atomic E-state index is -0.683. The molecule has 1 aromatic rings. The van der Waals surface area contributed by atoms with E-state index in [1.165, 1.54) is 11.3 Å². The number of rotatable bonds is 3. The molecule has 3 rings (SSSR count). The van der Waals surface area contributed by atoms with E-state index in [1.807, 2.05) is 0 Å². The topological polar surface area (TPSA) is 62.2 Å². The fourth-order valence-corrected chi connectivity index (χ4v) is 4.20. The molecule has 2 fully saturated rings. The molecule has 2 aliphatic rings. The number of carboxylic acid groups (broad SMARTS) is 1. The van der Waals surface area contributed by atoms with Crippen LogP contribution in [0.4, 0.5) is 5.13 Å². The van der Waals surface area contributed by atoms with Crippen LogP contribution in [0, 0.1) is 17.8 Å². The lowest BCUT2D eigenvalue weighted by Crippen LogP contribution is -2.39. The molecular weight excluding hydrogens is 260 g/mol. The van der Waals surface area contributed by atoms with Crippen molar-refractivity contribution in [1.82, 2.24) is 4.98 Å². The monoisotopic (exact) mass is 272 g/mol. The van der Waals surface area contributed by atoms with E-state index >= 15 is 0 Å². The number of aliphatic carboxylic acids is 1. The third kappa shape index (κ3) is 1.91. The van der Waals surface area contributed by atoms with Crippen molar-refractivity contribution in [2.75, 3.05) is 5.32 Å². The molecule has 92 valence electrons. The van der Waals surface area contributed by atoms with E-state index in [4.69, 9.17) is 11.6 Å². The van der Waals surface area contributed by atoms with Crippen LogP contribution in [-0.4, -0.2) is 22.1 Å². The van der Waals surface area contributed by atoms with Crippen LogP contribution >= 0.6 is 22.9 Å². The maximum atomic E-state index is 11.3. The van der Waals surface area contributed by atoms with Gasteiger partial charge in [-0.25, -0.2) is 4.98 Å². The summed E-state index contributed by atoms with van der Waals surface area (Å²) in [5.41, 5.74) is 0. The molecule has 2 bridgehead atoms. The maximum absolute atomic E-state index is 11.3. The predicted molar refractivity (Wildman–Crippen MR) is 66.5 cm³/mol. The first kappa shape index (κ1) is 11.3. The number of hydrogen-bond donors (Lipinski definition) is 2. The molecule has 0 aliphatic heterocycles. The lowest BCUT2D eigenvalue weighted by Gasteiger charge is -2.28. The zero-order valence-electron chi connectivity index (χ0n) is 9.10. The average Bonchev–Trinajstić information content (AvgIpc) is 2.93. The largest absolute Gasteiger partial charge is 0.481 e. The Morgan fingerprint density at radius 3 is 2.94 bits per heavy atom. The number of fused-ring (bicyclic) bond motifs is 2. The van der Waals surface area contributed by atoms with Gasteiger partial charge in [0.25, 0.3) is 0 Å². The Hall–Kier alpha value is -0.810. The van der Waals surface area contributed by atoms with Gasteiger partial charge >= 0.3 is 5.97 Å². The van der Waals surface area contributed by atoms with Gasteiger partial charge in [0.1, 0.15) is 5.15 Å². The quantitative estimate of drug-likeness (QED) is 0.888. The smallest absolute Gasteiger partial charge is 0.308 e. The van der Waals surface area contributed by atoms with Gasteiger partial charge in [0.2, 0.25) is 0 Å². The van der Waals surface area contributed by atoms with E-state index in [9.17, 15) is 9.90 Å². The van der Waals surface area contributed by atoms with Gasteiger partial charge in [-0.3, -0.25) is 4.79 Å². The second kappa shape index (κ2) is 4.14. The zero-order chi connectivity index (χ0) is 12.0. The minimum absolute atomic E-state index is 0.0217. The van der Waals surface area contributed by atoms with E-state index in [0.29, 0.717) is 17.0 Å². The molecule has 0 amide bonds. The highest BCUT2D eigenvalue weighted by atomic mass is 35.5. The Morgan fingerprint density at radius 2 is 2.29 bits per heavy atom. The fourth-order valence-electron chi connectivity index (χ4n) is 3.32. The highest BCUT2D eigenvalue weighted by molar-refractivity contribution is 7.14. The second-order valence-corrected chi connectivity index (χ2v) is 6.09. The number of anilines is 1. The van der Waals surface area contributed by atoms with Crippen LogP contribution in [-0.2, 0) is 4.79 Å². The van der Waals surface area contributed by atoms with Crippen molar-refractivity contribution in [2.24, 2.45) is 17.8 Å². The SMILES string of the molecule is O=C(O)C1C2CCC(C2)C1Nc1nc(Cl)cs1. The number of halogens is 1. The first-order valence-corrected chi connectivity index (χ1v) is 7.01. The molecule has 1 aromatic heterocycles. The Kier molecular flexibility index (Phi) is 2.75. The van der Waals surface area contributed by atoms with Gasteiger partial charge in [0, 0.05) is 11.4 Å². The van der Waals surface area contributed by atoms with Gasteiger partial charge in [-0.1, -0.05) is 11.6 Å². The third-order valence-corrected chi connectivity index (χ3v) is 5.06. The number of aromatic nitrogens is 1. The Labute approximate surface area is 108 Å². The number of carboxylic acids is 1. The van der Waals surface area contributed by atoms with Crippen molar-refractivity contribution in [1.29, 1.82) is 0 Å². The normalized spacial score (nSPS) is 35.1. The summed E-state index contributed by atoms with van der Waals surface area (Å²) in [5, 5.41) is 15.5. The van der Waals surface area contributed by atoms with Gasteiger partial charge in [0.05, 0.1) is 5.92 Å². The van der Waals surface area contributed by atoms with Gasteiger partial charge in [-0.15, -0.1) is 11.3 Å². The number of nitrogens with one attached hydrogen (secondary N) is 1. The van der Waals surface area contributed by atoms with Gasteiger partial charge < -0.3 is 10.4 Å². The molecule has 2 aliphatic carbocycles. The highest BCUT2D eigenvalue weighted by Gasteiger charge is 2.51. The van der Waals surface area contributed by atoms with Crippen LogP contribution in [0.15, 0.2) is 5.38 Å².